The molecule has 4 rings (SSSR count). The van der Waals surface area contributed by atoms with Crippen LogP contribution in [0.3, 0.4) is 0 Å². The zero-order chi connectivity index (χ0) is 21.7. The number of aromatic nitrogens is 2. The lowest BCUT2D eigenvalue weighted by molar-refractivity contribution is -0.137. The van der Waals surface area contributed by atoms with E-state index >= 15 is 0 Å². The van der Waals surface area contributed by atoms with Crippen LogP contribution in [-0.4, -0.2) is 39.0 Å². The van der Waals surface area contributed by atoms with Crippen LogP contribution < -0.4 is 0 Å². The predicted octanol–water partition coefficient (Wildman–Crippen LogP) is 5.38. The molecule has 2 aliphatic rings. The summed E-state index contributed by atoms with van der Waals surface area (Å²) in [7, 11) is 0. The van der Waals surface area contributed by atoms with Gasteiger partial charge in [0.15, 0.2) is 0 Å². The molecule has 1 saturated heterocycles. The third kappa shape index (κ3) is 3.44. The van der Waals surface area contributed by atoms with E-state index in [-0.39, 0.29) is 16.8 Å². The molecule has 1 aliphatic heterocycles. The fraction of sp³-hybridized carbons (Fsp3) is 0.400. The van der Waals surface area contributed by atoms with Crippen molar-refractivity contribution in [2.75, 3.05) is 13.1 Å². The van der Waals surface area contributed by atoms with Gasteiger partial charge in [-0.25, -0.2) is 18.3 Å². The quantitative estimate of drug-likeness (QED) is 0.670. The number of carbonyl (C=O) groups is 1. The minimum Gasteiger partial charge on any atom is -0.465 e. The summed E-state index contributed by atoms with van der Waals surface area (Å²) >= 11 is 0. The van der Waals surface area contributed by atoms with Crippen LogP contribution in [0.4, 0.5) is 26.7 Å². The lowest BCUT2D eigenvalue weighted by atomic mass is 9.64. The first-order chi connectivity index (χ1) is 14.1. The van der Waals surface area contributed by atoms with E-state index in [1.165, 1.54) is 23.1 Å². The molecule has 0 saturated carbocycles. The maximum absolute atomic E-state index is 13.6. The van der Waals surface area contributed by atoms with Gasteiger partial charge in [0.05, 0.1) is 28.7 Å². The van der Waals surface area contributed by atoms with Crippen LogP contribution in [0, 0.1) is 5.41 Å². The van der Waals surface area contributed by atoms with Crippen molar-refractivity contribution in [2.45, 2.75) is 31.9 Å². The summed E-state index contributed by atoms with van der Waals surface area (Å²) in [4.78, 5) is 12.4. The molecule has 5 nitrogen and oxygen atoms in total. The zero-order valence-electron chi connectivity index (χ0n) is 15.7. The first kappa shape index (κ1) is 20.4. The molecule has 0 bridgehead atoms. The Bertz CT molecular complexity index is 1000. The van der Waals surface area contributed by atoms with Crippen LogP contribution in [0.1, 0.15) is 42.5 Å². The van der Waals surface area contributed by atoms with Crippen LogP contribution in [0.25, 0.3) is 11.3 Å². The van der Waals surface area contributed by atoms with Crippen LogP contribution in [0.2, 0.25) is 0 Å². The number of rotatable bonds is 3. The van der Waals surface area contributed by atoms with Gasteiger partial charge in [0.25, 0.3) is 6.43 Å². The van der Waals surface area contributed by atoms with Gasteiger partial charge in [-0.05, 0) is 42.4 Å². The average molecular weight is 427 g/mol. The number of carboxylic acid groups (broad SMARTS) is 1. The number of amides is 1. The molecular weight excluding hydrogens is 409 g/mol. The Morgan fingerprint density at radius 2 is 1.80 bits per heavy atom. The van der Waals surface area contributed by atoms with E-state index in [2.05, 4.69) is 5.10 Å². The van der Waals surface area contributed by atoms with Gasteiger partial charge in [-0.3, -0.25) is 0 Å². The predicted molar refractivity (Wildman–Crippen MR) is 97.4 cm³/mol. The molecule has 30 heavy (non-hydrogen) atoms. The number of allylic oxidation sites excluding steroid dienone is 2. The number of benzene rings is 1. The summed E-state index contributed by atoms with van der Waals surface area (Å²) in [6, 6.07) is 4.73. The SMILES string of the molecule is O=C(O)N1CCC2(C=C(c3c(C(F)F)cnn3-c3ccccc3C(F)(F)F)C2)CC1. The van der Waals surface area contributed by atoms with Gasteiger partial charge in [-0.15, -0.1) is 0 Å². The van der Waals surface area contributed by atoms with Crippen LogP contribution in [-0.2, 0) is 6.18 Å². The summed E-state index contributed by atoms with van der Waals surface area (Å²) in [6.45, 7) is 0.661. The van der Waals surface area contributed by atoms with Gasteiger partial charge in [0.2, 0.25) is 0 Å². The molecule has 10 heteroatoms. The Balaban J connectivity index is 1.73. The molecule has 160 valence electrons. The standard InChI is InChI=1S/C20H18F5N3O2/c21-17(22)13-11-26-28(15-4-2-1-3-14(15)20(23,24)25)16(13)12-9-19(10-12)5-7-27(8-6-19)18(29)30/h1-4,9,11,17H,5-8,10H2,(H,29,30). The number of piperidine rings is 1. The third-order valence-electron chi connectivity index (χ3n) is 5.83. The van der Waals surface area contributed by atoms with Crippen molar-refractivity contribution < 1.29 is 31.9 Å². The van der Waals surface area contributed by atoms with E-state index in [9.17, 15) is 26.7 Å². The van der Waals surface area contributed by atoms with Crippen LogP contribution in [0.5, 0.6) is 0 Å². The van der Waals surface area contributed by atoms with Crippen molar-refractivity contribution in [1.82, 2.24) is 14.7 Å². The van der Waals surface area contributed by atoms with Crippen molar-refractivity contribution in [3.05, 3.63) is 53.4 Å². The largest absolute Gasteiger partial charge is 0.465 e. The summed E-state index contributed by atoms with van der Waals surface area (Å²) in [5.41, 5.74) is -1.53. The topological polar surface area (TPSA) is 58.4 Å². The van der Waals surface area contributed by atoms with Gasteiger partial charge in [-0.1, -0.05) is 18.2 Å². The molecule has 1 aromatic heterocycles. The Labute approximate surface area is 168 Å². The number of alkyl halides is 5. The maximum Gasteiger partial charge on any atom is 0.418 e. The van der Waals surface area contributed by atoms with Crippen LogP contribution in [0.15, 0.2) is 36.5 Å². The van der Waals surface area contributed by atoms with E-state index in [1.54, 1.807) is 6.08 Å². The van der Waals surface area contributed by atoms with Crippen molar-refractivity contribution in [2.24, 2.45) is 5.41 Å². The van der Waals surface area contributed by atoms with Crippen molar-refractivity contribution in [1.29, 1.82) is 0 Å². The highest BCUT2D eigenvalue weighted by Gasteiger charge is 2.43. The van der Waals surface area contributed by atoms with Gasteiger partial charge in [-0.2, -0.15) is 18.3 Å². The third-order valence-corrected chi connectivity index (χ3v) is 5.83. The fourth-order valence-corrected chi connectivity index (χ4v) is 4.26. The Kier molecular flexibility index (Phi) is 4.82. The highest BCUT2D eigenvalue weighted by Crippen LogP contribution is 2.52. The van der Waals surface area contributed by atoms with Crippen molar-refractivity contribution in [3.8, 4) is 5.69 Å². The number of likely N-dealkylation sites (tertiary alicyclic amines) is 1. The molecule has 0 atom stereocenters. The molecule has 2 aromatic rings. The molecule has 1 amide bonds. The number of hydrogen-bond acceptors (Lipinski definition) is 2. The molecule has 1 fully saturated rings. The second-order valence-electron chi connectivity index (χ2n) is 7.65. The summed E-state index contributed by atoms with van der Waals surface area (Å²) < 4.78 is 68.5. The number of hydrogen-bond donors (Lipinski definition) is 1. The lowest BCUT2D eigenvalue weighted by Gasteiger charge is -2.45. The monoisotopic (exact) mass is 427 g/mol. The summed E-state index contributed by atoms with van der Waals surface area (Å²) in [5.74, 6) is 0. The smallest absolute Gasteiger partial charge is 0.418 e. The van der Waals surface area contributed by atoms with Gasteiger partial charge < -0.3 is 10.0 Å². The molecule has 0 unspecified atom stereocenters. The minimum atomic E-state index is -4.66. The first-order valence-corrected chi connectivity index (χ1v) is 9.34. The first-order valence-electron chi connectivity index (χ1n) is 9.34. The fourth-order valence-electron chi connectivity index (χ4n) is 4.26. The molecule has 1 aliphatic carbocycles. The summed E-state index contributed by atoms with van der Waals surface area (Å²) in [6.07, 6.45) is -4.38. The van der Waals surface area contributed by atoms with Gasteiger partial charge >= 0.3 is 12.3 Å². The van der Waals surface area contributed by atoms with E-state index in [1.807, 2.05) is 0 Å². The Morgan fingerprint density at radius 1 is 1.17 bits per heavy atom. The Morgan fingerprint density at radius 3 is 2.37 bits per heavy atom. The number of para-hydroxylation sites is 1. The molecule has 2 heterocycles. The van der Waals surface area contributed by atoms with Crippen molar-refractivity contribution in [3.63, 3.8) is 0 Å². The molecule has 1 aromatic carbocycles. The second-order valence-corrected chi connectivity index (χ2v) is 7.65. The van der Waals surface area contributed by atoms with E-state index < -0.39 is 29.8 Å². The molecular formula is C20H18F5N3O2. The average Bonchev–Trinajstić information content (AvgIpc) is 3.10. The lowest BCUT2D eigenvalue weighted by Crippen LogP contribution is -2.44. The van der Waals surface area contributed by atoms with Crippen LogP contribution >= 0.6 is 0 Å². The normalized spacial score (nSPS) is 18.5. The Hall–Kier alpha value is -2.91. The maximum atomic E-state index is 13.6. The molecule has 0 radical (unpaired) electrons. The second kappa shape index (κ2) is 7.10. The van der Waals surface area contributed by atoms with E-state index in [4.69, 9.17) is 5.11 Å². The minimum absolute atomic E-state index is 0.0204. The number of nitrogens with zero attached hydrogens (tertiary/aromatic N) is 3. The van der Waals surface area contributed by atoms with E-state index in [0.29, 0.717) is 37.9 Å². The van der Waals surface area contributed by atoms with E-state index in [0.717, 1.165) is 16.9 Å². The van der Waals surface area contributed by atoms with Gasteiger partial charge in [0, 0.05) is 13.1 Å². The highest BCUT2D eigenvalue weighted by molar-refractivity contribution is 5.74. The highest BCUT2D eigenvalue weighted by atomic mass is 19.4. The van der Waals surface area contributed by atoms with Crippen molar-refractivity contribution >= 4 is 11.7 Å². The zero-order valence-corrected chi connectivity index (χ0v) is 15.7. The molecule has 1 spiro atoms. The molecule has 1 N–H and O–H groups in total. The number of halogens is 5. The van der Waals surface area contributed by atoms with Gasteiger partial charge in [0.1, 0.15) is 0 Å². The summed E-state index contributed by atoms with van der Waals surface area (Å²) in [5, 5.41) is 12.9.